The molecule has 6 heteroatoms. The van der Waals surface area contributed by atoms with Crippen molar-refractivity contribution in [2.75, 3.05) is 26.7 Å². The molecule has 2 amide bonds. The predicted octanol–water partition coefficient (Wildman–Crippen LogP) is 2.64. The monoisotopic (exact) mass is 339 g/mol. The van der Waals surface area contributed by atoms with Gasteiger partial charge in [0.25, 0.3) is 0 Å². The van der Waals surface area contributed by atoms with Gasteiger partial charge < -0.3 is 15.4 Å². The van der Waals surface area contributed by atoms with E-state index in [1.54, 1.807) is 7.11 Å². The van der Waals surface area contributed by atoms with Crippen molar-refractivity contribution in [1.82, 2.24) is 15.5 Å². The van der Waals surface area contributed by atoms with E-state index in [4.69, 9.17) is 16.3 Å². The van der Waals surface area contributed by atoms with Crippen LogP contribution in [-0.4, -0.2) is 49.8 Å². The van der Waals surface area contributed by atoms with Gasteiger partial charge in [0.05, 0.1) is 6.10 Å². The van der Waals surface area contributed by atoms with Gasteiger partial charge in [-0.1, -0.05) is 23.7 Å². The maximum atomic E-state index is 11.8. The fraction of sp³-hybridized carbons (Fsp3) is 0.588. The van der Waals surface area contributed by atoms with Crippen molar-refractivity contribution in [3.63, 3.8) is 0 Å². The molecule has 1 fully saturated rings. The lowest BCUT2D eigenvalue weighted by Crippen LogP contribution is -2.48. The van der Waals surface area contributed by atoms with E-state index in [1.807, 2.05) is 19.1 Å². The highest BCUT2D eigenvalue weighted by molar-refractivity contribution is 6.30. The summed E-state index contributed by atoms with van der Waals surface area (Å²) in [7, 11) is 1.64. The largest absolute Gasteiger partial charge is 0.380 e. The smallest absolute Gasteiger partial charge is 0.315 e. The van der Waals surface area contributed by atoms with E-state index in [0.29, 0.717) is 6.54 Å². The maximum absolute atomic E-state index is 11.8. The zero-order valence-corrected chi connectivity index (χ0v) is 14.6. The van der Waals surface area contributed by atoms with Crippen LogP contribution in [-0.2, 0) is 11.3 Å². The van der Waals surface area contributed by atoms with Crippen molar-refractivity contribution in [3.05, 3.63) is 34.9 Å². The summed E-state index contributed by atoms with van der Waals surface area (Å²) in [6.07, 6.45) is 1.98. The Kier molecular flexibility index (Phi) is 7.15. The van der Waals surface area contributed by atoms with Crippen molar-refractivity contribution >= 4 is 17.6 Å². The van der Waals surface area contributed by atoms with Crippen LogP contribution in [0.25, 0.3) is 0 Å². The fourth-order valence-electron chi connectivity index (χ4n) is 2.64. The normalized spacial score (nSPS) is 17.7. The van der Waals surface area contributed by atoms with E-state index in [2.05, 4.69) is 27.7 Å². The van der Waals surface area contributed by atoms with Gasteiger partial charge in [-0.25, -0.2) is 4.79 Å². The second-order valence-electron chi connectivity index (χ2n) is 6.08. The van der Waals surface area contributed by atoms with Crippen molar-refractivity contribution in [1.29, 1.82) is 0 Å². The van der Waals surface area contributed by atoms with Crippen molar-refractivity contribution in [2.24, 2.45) is 0 Å². The van der Waals surface area contributed by atoms with E-state index < -0.39 is 0 Å². The molecule has 128 valence electrons. The number of piperidine rings is 1. The summed E-state index contributed by atoms with van der Waals surface area (Å²) in [6.45, 7) is 5.36. The summed E-state index contributed by atoms with van der Waals surface area (Å²) < 4.78 is 5.11. The Morgan fingerprint density at radius 1 is 1.35 bits per heavy atom. The Labute approximate surface area is 143 Å². The first-order valence-corrected chi connectivity index (χ1v) is 8.48. The second-order valence-corrected chi connectivity index (χ2v) is 6.51. The molecule has 0 saturated carbocycles. The van der Waals surface area contributed by atoms with E-state index in [0.717, 1.165) is 37.5 Å². The van der Waals surface area contributed by atoms with Crippen molar-refractivity contribution in [3.8, 4) is 0 Å². The number of carbonyl (C=O) groups is 1. The third kappa shape index (κ3) is 6.37. The Bertz CT molecular complexity index is 487. The average Bonchev–Trinajstić information content (AvgIpc) is 2.56. The number of methoxy groups -OCH3 is 1. The Morgan fingerprint density at radius 2 is 2.00 bits per heavy atom. The molecule has 0 unspecified atom stereocenters. The minimum Gasteiger partial charge on any atom is -0.380 e. The molecule has 1 aromatic carbocycles. The topological polar surface area (TPSA) is 53.6 Å². The number of carbonyl (C=O) groups excluding carboxylic acids is 1. The number of hydrogen-bond donors (Lipinski definition) is 2. The number of rotatable bonds is 6. The van der Waals surface area contributed by atoms with Crippen molar-refractivity contribution < 1.29 is 9.53 Å². The minimum atomic E-state index is -0.106. The Balaban J connectivity index is 1.67. The van der Waals surface area contributed by atoms with Crippen LogP contribution in [0.15, 0.2) is 24.3 Å². The van der Waals surface area contributed by atoms with Gasteiger partial charge in [0.15, 0.2) is 0 Å². The van der Waals surface area contributed by atoms with Gasteiger partial charge in [-0.05, 0) is 37.5 Å². The highest BCUT2D eigenvalue weighted by atomic mass is 35.5. The van der Waals surface area contributed by atoms with Gasteiger partial charge in [0.2, 0.25) is 0 Å². The number of likely N-dealkylation sites (tertiary alicyclic amines) is 1. The second kappa shape index (κ2) is 9.11. The van der Waals surface area contributed by atoms with E-state index >= 15 is 0 Å². The van der Waals surface area contributed by atoms with Crippen LogP contribution < -0.4 is 10.6 Å². The number of ether oxygens (including phenoxy) is 1. The third-order valence-electron chi connectivity index (χ3n) is 4.19. The zero-order valence-electron chi connectivity index (χ0n) is 13.8. The number of nitrogens with zero attached hydrogens (tertiary/aromatic N) is 1. The molecule has 1 aromatic rings. The molecule has 1 heterocycles. The van der Waals surface area contributed by atoms with Gasteiger partial charge in [0.1, 0.15) is 0 Å². The summed E-state index contributed by atoms with van der Waals surface area (Å²) in [5.74, 6) is 0. The summed E-state index contributed by atoms with van der Waals surface area (Å²) in [5, 5.41) is 6.65. The van der Waals surface area contributed by atoms with Crippen LogP contribution in [0.5, 0.6) is 0 Å². The van der Waals surface area contributed by atoms with E-state index in [9.17, 15) is 4.79 Å². The molecule has 0 aromatic heterocycles. The summed E-state index contributed by atoms with van der Waals surface area (Å²) >= 11 is 5.91. The number of benzene rings is 1. The molecule has 1 aliphatic rings. The van der Waals surface area contributed by atoms with Crippen molar-refractivity contribution in [2.45, 2.75) is 38.5 Å². The SMILES string of the molecule is CO[C@@H](C)CNC(=O)NC1CCN(Cc2ccc(Cl)cc2)CC1. The molecule has 2 rings (SSSR count). The lowest BCUT2D eigenvalue weighted by Gasteiger charge is -2.32. The molecule has 5 nitrogen and oxygen atoms in total. The number of amides is 2. The standard InChI is InChI=1S/C17H26ClN3O2/c1-13(23-2)11-19-17(22)20-16-7-9-21(10-8-16)12-14-3-5-15(18)6-4-14/h3-6,13,16H,7-12H2,1-2H3,(H2,19,20,22)/t13-/m0/s1. The fourth-order valence-corrected chi connectivity index (χ4v) is 2.77. The Hall–Kier alpha value is -1.30. The van der Waals surface area contributed by atoms with E-state index in [1.165, 1.54) is 5.56 Å². The first-order chi connectivity index (χ1) is 11.1. The molecule has 1 saturated heterocycles. The highest BCUT2D eigenvalue weighted by Gasteiger charge is 2.20. The molecular weight excluding hydrogens is 314 g/mol. The third-order valence-corrected chi connectivity index (χ3v) is 4.45. The number of urea groups is 1. The van der Waals surface area contributed by atoms with Gasteiger partial charge >= 0.3 is 6.03 Å². The first-order valence-electron chi connectivity index (χ1n) is 8.10. The van der Waals surface area contributed by atoms with E-state index in [-0.39, 0.29) is 18.2 Å². The van der Waals surface area contributed by atoms with Crippen LogP contribution >= 0.6 is 11.6 Å². The summed E-state index contributed by atoms with van der Waals surface area (Å²) in [5.41, 5.74) is 1.27. The molecule has 1 atom stereocenters. The van der Waals surface area contributed by atoms with Gasteiger partial charge in [-0.3, -0.25) is 4.90 Å². The maximum Gasteiger partial charge on any atom is 0.315 e. The van der Waals surface area contributed by atoms with Crippen LogP contribution in [0, 0.1) is 0 Å². The van der Waals surface area contributed by atoms with Gasteiger partial charge in [0, 0.05) is 44.4 Å². The zero-order chi connectivity index (χ0) is 16.7. The highest BCUT2D eigenvalue weighted by Crippen LogP contribution is 2.15. The van der Waals surface area contributed by atoms with Gasteiger partial charge in [-0.15, -0.1) is 0 Å². The molecule has 1 aliphatic heterocycles. The van der Waals surface area contributed by atoms with Crippen LogP contribution in [0.2, 0.25) is 5.02 Å². The number of halogens is 1. The number of hydrogen-bond acceptors (Lipinski definition) is 3. The average molecular weight is 340 g/mol. The molecule has 2 N–H and O–H groups in total. The molecular formula is C17H26ClN3O2. The molecule has 23 heavy (non-hydrogen) atoms. The predicted molar refractivity (Wildman–Crippen MR) is 92.8 cm³/mol. The van der Waals surface area contributed by atoms with Crippen LogP contribution in [0.1, 0.15) is 25.3 Å². The molecule has 0 bridgehead atoms. The Morgan fingerprint density at radius 3 is 2.61 bits per heavy atom. The lowest BCUT2D eigenvalue weighted by atomic mass is 10.0. The van der Waals surface area contributed by atoms with Crippen LogP contribution in [0.4, 0.5) is 4.79 Å². The molecule has 0 spiro atoms. The first kappa shape index (κ1) is 18.0. The quantitative estimate of drug-likeness (QED) is 0.837. The molecule has 0 radical (unpaired) electrons. The summed E-state index contributed by atoms with van der Waals surface area (Å²) in [6, 6.07) is 8.13. The lowest BCUT2D eigenvalue weighted by molar-refractivity contribution is 0.118. The van der Waals surface area contributed by atoms with Crippen LogP contribution in [0.3, 0.4) is 0 Å². The number of nitrogens with one attached hydrogen (secondary N) is 2. The minimum absolute atomic E-state index is 0.0296. The van der Waals surface area contributed by atoms with Gasteiger partial charge in [-0.2, -0.15) is 0 Å². The summed E-state index contributed by atoms with van der Waals surface area (Å²) in [4.78, 5) is 14.2. The molecule has 0 aliphatic carbocycles.